The normalized spacial score (nSPS) is 16.8. The molecule has 1 heterocycles. The van der Waals surface area contributed by atoms with Gasteiger partial charge in [0.25, 0.3) is 0 Å². The van der Waals surface area contributed by atoms with Crippen molar-refractivity contribution in [3.05, 3.63) is 90.1 Å². The van der Waals surface area contributed by atoms with Crippen LogP contribution in [0.4, 0.5) is 8.78 Å². The van der Waals surface area contributed by atoms with Crippen LogP contribution in [0.2, 0.25) is 0 Å². The summed E-state index contributed by atoms with van der Waals surface area (Å²) in [6, 6.07) is 18.2. The molecule has 0 amide bonds. The molecule has 4 heteroatoms. The molecule has 2 unspecified atom stereocenters. The highest BCUT2D eigenvalue weighted by molar-refractivity contribution is 5.62. The van der Waals surface area contributed by atoms with Crippen LogP contribution in [0.1, 0.15) is 75.0 Å². The minimum Gasteiger partial charge on any atom is -0.379 e. The fourth-order valence-corrected chi connectivity index (χ4v) is 5.16. The van der Waals surface area contributed by atoms with Crippen LogP contribution in [0.15, 0.2) is 73.5 Å². The first-order chi connectivity index (χ1) is 16.7. The third-order valence-electron chi connectivity index (χ3n) is 7.13. The van der Waals surface area contributed by atoms with Gasteiger partial charge in [0.05, 0.1) is 6.54 Å². The largest absolute Gasteiger partial charge is 0.379 e. The van der Waals surface area contributed by atoms with E-state index in [2.05, 4.69) is 60.6 Å². The molecule has 0 spiro atoms. The van der Waals surface area contributed by atoms with E-state index < -0.39 is 5.92 Å². The van der Waals surface area contributed by atoms with Crippen LogP contribution in [-0.4, -0.2) is 30.5 Å². The van der Waals surface area contributed by atoms with Crippen molar-refractivity contribution in [2.24, 2.45) is 5.92 Å². The fourth-order valence-electron chi connectivity index (χ4n) is 5.16. The molecule has 190 valence electrons. The minimum absolute atomic E-state index is 0.244. The van der Waals surface area contributed by atoms with Gasteiger partial charge in [-0.25, -0.2) is 8.78 Å². The predicted octanol–water partition coefficient (Wildman–Crippen LogP) is 8.03. The van der Waals surface area contributed by atoms with Gasteiger partial charge in [0.2, 0.25) is 5.92 Å². The molecule has 1 aliphatic heterocycles. The molecular weight excluding hydrogens is 438 g/mol. The van der Waals surface area contributed by atoms with Gasteiger partial charge < -0.3 is 10.2 Å². The van der Waals surface area contributed by atoms with E-state index in [-0.39, 0.29) is 6.42 Å². The smallest absolute Gasteiger partial charge is 0.249 e. The zero-order valence-electron chi connectivity index (χ0n) is 21.5. The van der Waals surface area contributed by atoms with Gasteiger partial charge in [-0.15, -0.1) is 0 Å². The van der Waals surface area contributed by atoms with Crippen molar-refractivity contribution < 1.29 is 8.78 Å². The average Bonchev–Trinajstić information content (AvgIpc) is 3.31. The topological polar surface area (TPSA) is 15.3 Å². The van der Waals surface area contributed by atoms with Crippen LogP contribution < -0.4 is 5.32 Å². The van der Waals surface area contributed by atoms with Gasteiger partial charge in [0.15, 0.2) is 0 Å². The molecular formula is C31H42F2N2. The molecule has 0 aliphatic carbocycles. The Balaban J connectivity index is 1.38. The molecule has 2 aromatic carbocycles. The molecule has 1 N–H and O–H groups in total. The molecule has 1 saturated heterocycles. The Labute approximate surface area is 211 Å². The third-order valence-corrected chi connectivity index (χ3v) is 7.13. The summed E-state index contributed by atoms with van der Waals surface area (Å²) < 4.78 is 26.4. The van der Waals surface area contributed by atoms with Crippen molar-refractivity contribution in [1.29, 1.82) is 0 Å². The summed E-state index contributed by atoms with van der Waals surface area (Å²) in [6.45, 7) is 14.4. The molecule has 2 nitrogen and oxygen atoms in total. The number of hydrogen-bond acceptors (Lipinski definition) is 2. The minimum atomic E-state index is -2.69. The van der Waals surface area contributed by atoms with Gasteiger partial charge in [-0.05, 0) is 61.1 Å². The summed E-state index contributed by atoms with van der Waals surface area (Å²) in [6.07, 6.45) is 7.30. The zero-order chi connectivity index (χ0) is 25.3. The number of benzene rings is 2. The number of nitrogens with one attached hydrogen (secondary N) is 1. The summed E-state index contributed by atoms with van der Waals surface area (Å²) in [5.41, 5.74) is 4.91. The Kier molecular flexibility index (Phi) is 9.94. The third kappa shape index (κ3) is 8.83. The van der Waals surface area contributed by atoms with E-state index >= 15 is 0 Å². The van der Waals surface area contributed by atoms with E-state index in [1.807, 2.05) is 12.1 Å². The van der Waals surface area contributed by atoms with E-state index in [4.69, 9.17) is 0 Å². The zero-order valence-corrected chi connectivity index (χ0v) is 21.5. The van der Waals surface area contributed by atoms with Crippen molar-refractivity contribution in [2.75, 3.05) is 19.6 Å². The number of nitrogens with zero attached hydrogens (tertiary/aromatic N) is 1. The first kappa shape index (κ1) is 27.0. The molecule has 2 atom stereocenters. The number of rotatable bonds is 14. The van der Waals surface area contributed by atoms with Crippen molar-refractivity contribution >= 4 is 5.70 Å². The molecule has 2 aromatic rings. The van der Waals surface area contributed by atoms with Crippen LogP contribution in [0.5, 0.6) is 0 Å². The Morgan fingerprint density at radius 3 is 2.46 bits per heavy atom. The molecule has 1 aliphatic rings. The lowest BCUT2D eigenvalue weighted by Crippen LogP contribution is -2.27. The van der Waals surface area contributed by atoms with E-state index in [0.717, 1.165) is 42.9 Å². The summed E-state index contributed by atoms with van der Waals surface area (Å²) in [7, 11) is 0. The maximum atomic E-state index is 13.2. The summed E-state index contributed by atoms with van der Waals surface area (Å²) in [5, 5.41) is 3.36. The maximum absolute atomic E-state index is 13.2. The summed E-state index contributed by atoms with van der Waals surface area (Å²) in [5.74, 6) is -1.28. The quantitative estimate of drug-likeness (QED) is 0.294. The standard InChI is InChI=1S/C31H42F2N2/c1-5-10-29(30-12-7-6-8-13-30)14-9-11-27-19-20-35(23-27)24(2)22-34-25(3)28-17-15-26(16-18-28)21-31(4,32)33/h6-8,12-13,15-18,27,29,34H,2-3,5,9-11,14,19-23H2,1,4H3. The fraction of sp³-hybridized carbons (Fsp3) is 0.484. The second-order valence-electron chi connectivity index (χ2n) is 10.3. The van der Waals surface area contributed by atoms with Crippen LogP contribution in [-0.2, 0) is 6.42 Å². The molecule has 1 fully saturated rings. The second kappa shape index (κ2) is 12.9. The predicted molar refractivity (Wildman–Crippen MR) is 145 cm³/mol. The number of hydrogen-bond donors (Lipinski definition) is 1. The number of alkyl halides is 2. The monoisotopic (exact) mass is 480 g/mol. The Bertz CT molecular complexity index is 931. The molecule has 35 heavy (non-hydrogen) atoms. The first-order valence-electron chi connectivity index (χ1n) is 13.1. The van der Waals surface area contributed by atoms with Crippen molar-refractivity contribution in [3.8, 4) is 0 Å². The second-order valence-corrected chi connectivity index (χ2v) is 10.3. The SMILES string of the molecule is C=C(NCC(=C)N1CCC(CCCC(CCC)c2ccccc2)C1)c1ccc(CC(C)(F)F)cc1. The van der Waals surface area contributed by atoms with Gasteiger partial charge in [-0.3, -0.25) is 0 Å². The lowest BCUT2D eigenvalue weighted by atomic mass is 9.88. The average molecular weight is 481 g/mol. The highest BCUT2D eigenvalue weighted by Gasteiger charge is 2.24. The Morgan fingerprint density at radius 1 is 1.09 bits per heavy atom. The van der Waals surface area contributed by atoms with Crippen molar-refractivity contribution in [3.63, 3.8) is 0 Å². The molecule has 3 rings (SSSR count). The number of likely N-dealkylation sites (tertiary alicyclic amines) is 1. The molecule has 0 bridgehead atoms. The van der Waals surface area contributed by atoms with Gasteiger partial charge in [0, 0.05) is 30.9 Å². The van der Waals surface area contributed by atoms with E-state index in [1.165, 1.54) is 44.1 Å². The summed E-state index contributed by atoms with van der Waals surface area (Å²) in [4.78, 5) is 2.40. The van der Waals surface area contributed by atoms with Gasteiger partial charge in [0.1, 0.15) is 0 Å². The van der Waals surface area contributed by atoms with Crippen molar-refractivity contribution in [1.82, 2.24) is 10.2 Å². The Hall–Kier alpha value is -2.62. The van der Waals surface area contributed by atoms with Gasteiger partial charge >= 0.3 is 0 Å². The van der Waals surface area contributed by atoms with Crippen LogP contribution in [0.25, 0.3) is 5.70 Å². The molecule has 0 aromatic heterocycles. The van der Waals surface area contributed by atoms with E-state index in [1.54, 1.807) is 12.1 Å². The molecule has 0 saturated carbocycles. The van der Waals surface area contributed by atoms with Gasteiger partial charge in [-0.2, -0.15) is 0 Å². The van der Waals surface area contributed by atoms with Gasteiger partial charge in [-0.1, -0.05) is 87.5 Å². The molecule has 0 radical (unpaired) electrons. The first-order valence-corrected chi connectivity index (χ1v) is 13.1. The maximum Gasteiger partial charge on any atom is 0.249 e. The van der Waals surface area contributed by atoms with Crippen LogP contribution in [0.3, 0.4) is 0 Å². The summed E-state index contributed by atoms with van der Waals surface area (Å²) >= 11 is 0. The van der Waals surface area contributed by atoms with Crippen LogP contribution >= 0.6 is 0 Å². The van der Waals surface area contributed by atoms with Crippen LogP contribution in [0, 0.1) is 5.92 Å². The highest BCUT2D eigenvalue weighted by Crippen LogP contribution is 2.30. The van der Waals surface area contributed by atoms with E-state index in [9.17, 15) is 8.78 Å². The highest BCUT2D eigenvalue weighted by atomic mass is 19.3. The number of halogens is 2. The lowest BCUT2D eigenvalue weighted by Gasteiger charge is -2.23. The van der Waals surface area contributed by atoms with Crippen molar-refractivity contribution in [2.45, 2.75) is 70.6 Å². The Morgan fingerprint density at radius 2 is 1.80 bits per heavy atom. The van der Waals surface area contributed by atoms with E-state index in [0.29, 0.717) is 18.0 Å². The lowest BCUT2D eigenvalue weighted by molar-refractivity contribution is 0.0226.